The van der Waals surface area contributed by atoms with Crippen molar-refractivity contribution in [1.82, 2.24) is 0 Å². The summed E-state index contributed by atoms with van der Waals surface area (Å²) in [5, 5.41) is 9.54. The van der Waals surface area contributed by atoms with E-state index in [1.54, 1.807) is 38.5 Å². The SMILES string of the molecule is COc1ccc(OC)c(C(C#N)c2ccccc2N)c1. The second-order valence-corrected chi connectivity index (χ2v) is 4.30. The van der Waals surface area contributed by atoms with Crippen LogP contribution in [0.4, 0.5) is 5.69 Å². The number of hydrogen-bond donors (Lipinski definition) is 1. The molecule has 0 bridgehead atoms. The minimum Gasteiger partial charge on any atom is -0.497 e. The third-order valence-corrected chi connectivity index (χ3v) is 3.18. The Morgan fingerprint density at radius 3 is 2.40 bits per heavy atom. The molecular weight excluding hydrogens is 252 g/mol. The van der Waals surface area contributed by atoms with Crippen LogP contribution in [0.15, 0.2) is 42.5 Å². The zero-order valence-corrected chi connectivity index (χ0v) is 11.5. The van der Waals surface area contributed by atoms with Crippen molar-refractivity contribution in [3.63, 3.8) is 0 Å². The summed E-state index contributed by atoms with van der Waals surface area (Å²) in [4.78, 5) is 0. The quantitative estimate of drug-likeness (QED) is 0.866. The molecule has 0 spiro atoms. The third kappa shape index (κ3) is 2.52. The number of nitrogen functional groups attached to an aromatic ring is 1. The molecule has 4 nitrogen and oxygen atoms in total. The van der Waals surface area contributed by atoms with Crippen LogP contribution in [-0.2, 0) is 0 Å². The molecule has 0 aliphatic rings. The summed E-state index contributed by atoms with van der Waals surface area (Å²) in [5.41, 5.74) is 8.07. The number of nitrogens with two attached hydrogens (primary N) is 1. The first-order valence-electron chi connectivity index (χ1n) is 6.17. The lowest BCUT2D eigenvalue weighted by Gasteiger charge is -2.16. The van der Waals surface area contributed by atoms with Gasteiger partial charge in [0.25, 0.3) is 0 Å². The van der Waals surface area contributed by atoms with Crippen LogP contribution in [0.5, 0.6) is 11.5 Å². The van der Waals surface area contributed by atoms with Gasteiger partial charge in [0.15, 0.2) is 0 Å². The molecule has 0 heterocycles. The fourth-order valence-corrected chi connectivity index (χ4v) is 2.15. The predicted molar refractivity (Wildman–Crippen MR) is 77.9 cm³/mol. The Bertz CT molecular complexity index is 647. The number of nitriles is 1. The molecule has 0 saturated carbocycles. The minimum absolute atomic E-state index is 0.499. The van der Waals surface area contributed by atoms with E-state index in [1.807, 2.05) is 18.2 Å². The van der Waals surface area contributed by atoms with Gasteiger partial charge in [-0.2, -0.15) is 5.26 Å². The van der Waals surface area contributed by atoms with Crippen LogP contribution in [0.3, 0.4) is 0 Å². The molecule has 1 unspecified atom stereocenters. The predicted octanol–water partition coefficient (Wildman–Crippen LogP) is 2.94. The molecule has 4 heteroatoms. The molecule has 102 valence electrons. The number of anilines is 1. The van der Waals surface area contributed by atoms with E-state index in [0.717, 1.165) is 11.1 Å². The smallest absolute Gasteiger partial charge is 0.124 e. The Balaban J connectivity index is 2.58. The van der Waals surface area contributed by atoms with Crippen molar-refractivity contribution in [3.05, 3.63) is 53.6 Å². The molecule has 0 aromatic heterocycles. The average molecular weight is 268 g/mol. The first-order chi connectivity index (χ1) is 9.71. The molecule has 0 fully saturated rings. The van der Waals surface area contributed by atoms with Gasteiger partial charge in [-0.1, -0.05) is 18.2 Å². The zero-order valence-electron chi connectivity index (χ0n) is 11.5. The fourth-order valence-electron chi connectivity index (χ4n) is 2.15. The molecule has 2 N–H and O–H groups in total. The second-order valence-electron chi connectivity index (χ2n) is 4.30. The summed E-state index contributed by atoms with van der Waals surface area (Å²) in [6.07, 6.45) is 0. The Labute approximate surface area is 118 Å². The maximum atomic E-state index is 9.54. The van der Waals surface area contributed by atoms with E-state index in [4.69, 9.17) is 15.2 Å². The molecule has 2 aromatic rings. The molecule has 0 aliphatic heterocycles. The van der Waals surface area contributed by atoms with E-state index in [2.05, 4.69) is 6.07 Å². The summed E-state index contributed by atoms with van der Waals surface area (Å²) in [6.45, 7) is 0. The average Bonchev–Trinajstić information content (AvgIpc) is 2.49. The van der Waals surface area contributed by atoms with Crippen LogP contribution in [0.25, 0.3) is 0 Å². The van der Waals surface area contributed by atoms with Crippen LogP contribution in [0.2, 0.25) is 0 Å². The number of ether oxygens (including phenoxy) is 2. The van der Waals surface area contributed by atoms with Gasteiger partial charge in [-0.05, 0) is 29.8 Å². The molecule has 2 aromatic carbocycles. The van der Waals surface area contributed by atoms with Gasteiger partial charge in [0.1, 0.15) is 17.4 Å². The van der Waals surface area contributed by atoms with E-state index < -0.39 is 5.92 Å². The Morgan fingerprint density at radius 1 is 1.05 bits per heavy atom. The maximum absolute atomic E-state index is 9.54. The van der Waals surface area contributed by atoms with Gasteiger partial charge in [-0.15, -0.1) is 0 Å². The zero-order chi connectivity index (χ0) is 14.5. The molecule has 0 aliphatic carbocycles. The van der Waals surface area contributed by atoms with Crippen molar-refractivity contribution in [2.45, 2.75) is 5.92 Å². The normalized spacial score (nSPS) is 11.4. The van der Waals surface area contributed by atoms with Gasteiger partial charge in [0.05, 0.1) is 20.3 Å². The van der Waals surface area contributed by atoms with Gasteiger partial charge in [-0.25, -0.2) is 0 Å². The first-order valence-corrected chi connectivity index (χ1v) is 6.17. The summed E-state index contributed by atoms with van der Waals surface area (Å²) in [5.74, 6) is 0.817. The molecule has 20 heavy (non-hydrogen) atoms. The highest BCUT2D eigenvalue weighted by Crippen LogP contribution is 2.36. The molecular formula is C16H16N2O2. The van der Waals surface area contributed by atoms with E-state index in [-0.39, 0.29) is 0 Å². The van der Waals surface area contributed by atoms with Crippen molar-refractivity contribution in [2.24, 2.45) is 0 Å². The van der Waals surface area contributed by atoms with Crippen molar-refractivity contribution < 1.29 is 9.47 Å². The lowest BCUT2D eigenvalue weighted by Crippen LogP contribution is -2.05. The third-order valence-electron chi connectivity index (χ3n) is 3.18. The van der Waals surface area contributed by atoms with Crippen molar-refractivity contribution in [1.29, 1.82) is 5.26 Å². The first kappa shape index (κ1) is 13.8. The van der Waals surface area contributed by atoms with Crippen molar-refractivity contribution in [3.8, 4) is 17.6 Å². The summed E-state index contributed by atoms with van der Waals surface area (Å²) in [7, 11) is 3.16. The Hall–Kier alpha value is -2.67. The van der Waals surface area contributed by atoms with Crippen LogP contribution >= 0.6 is 0 Å². The molecule has 2 rings (SSSR count). The number of hydrogen-bond acceptors (Lipinski definition) is 4. The second kappa shape index (κ2) is 5.98. The summed E-state index contributed by atoms with van der Waals surface area (Å²) in [6, 6.07) is 15.0. The topological polar surface area (TPSA) is 68.3 Å². The van der Waals surface area contributed by atoms with Crippen LogP contribution in [0, 0.1) is 11.3 Å². The van der Waals surface area contributed by atoms with Gasteiger partial charge in [-0.3, -0.25) is 0 Å². The minimum atomic E-state index is -0.499. The van der Waals surface area contributed by atoms with Crippen molar-refractivity contribution >= 4 is 5.69 Å². The van der Waals surface area contributed by atoms with Gasteiger partial charge < -0.3 is 15.2 Å². The highest BCUT2D eigenvalue weighted by Gasteiger charge is 2.20. The van der Waals surface area contributed by atoms with Crippen LogP contribution in [-0.4, -0.2) is 14.2 Å². The van der Waals surface area contributed by atoms with E-state index >= 15 is 0 Å². The van der Waals surface area contributed by atoms with Crippen LogP contribution < -0.4 is 15.2 Å². The Morgan fingerprint density at radius 2 is 1.80 bits per heavy atom. The monoisotopic (exact) mass is 268 g/mol. The molecule has 0 amide bonds. The fraction of sp³-hybridized carbons (Fsp3) is 0.188. The molecule has 1 atom stereocenters. The van der Waals surface area contributed by atoms with Gasteiger partial charge in [0.2, 0.25) is 0 Å². The highest BCUT2D eigenvalue weighted by atomic mass is 16.5. The van der Waals surface area contributed by atoms with Crippen LogP contribution in [0.1, 0.15) is 17.0 Å². The van der Waals surface area contributed by atoms with E-state index in [9.17, 15) is 5.26 Å². The van der Waals surface area contributed by atoms with Gasteiger partial charge >= 0.3 is 0 Å². The lowest BCUT2D eigenvalue weighted by molar-refractivity contribution is 0.398. The standard InChI is InChI=1S/C16H16N2O2/c1-19-11-7-8-16(20-2)13(9-11)14(10-17)12-5-3-4-6-15(12)18/h3-9,14H,18H2,1-2H3. The number of methoxy groups -OCH3 is 2. The van der Waals surface area contributed by atoms with Crippen molar-refractivity contribution in [2.75, 3.05) is 20.0 Å². The summed E-state index contributed by atoms with van der Waals surface area (Å²) >= 11 is 0. The number of benzene rings is 2. The van der Waals surface area contributed by atoms with Gasteiger partial charge in [0, 0.05) is 11.3 Å². The number of rotatable bonds is 4. The largest absolute Gasteiger partial charge is 0.497 e. The lowest BCUT2D eigenvalue weighted by atomic mass is 9.90. The maximum Gasteiger partial charge on any atom is 0.124 e. The highest BCUT2D eigenvalue weighted by molar-refractivity contribution is 5.57. The molecule has 0 radical (unpaired) electrons. The van der Waals surface area contributed by atoms with E-state index in [1.165, 1.54) is 0 Å². The summed E-state index contributed by atoms with van der Waals surface area (Å²) < 4.78 is 10.6. The number of para-hydroxylation sites is 1. The number of nitrogens with zero attached hydrogens (tertiary/aromatic N) is 1. The molecule has 0 saturated heterocycles. The van der Waals surface area contributed by atoms with E-state index in [0.29, 0.717) is 17.2 Å². The Kier molecular flexibility index (Phi) is 4.11.